The van der Waals surface area contributed by atoms with Gasteiger partial charge >= 0.3 is 0 Å². The van der Waals surface area contributed by atoms with Crippen LogP contribution < -0.4 is 0 Å². The second-order valence-electron chi connectivity index (χ2n) is 5.81. The van der Waals surface area contributed by atoms with Crippen molar-refractivity contribution >= 4 is 0 Å². The average Bonchev–Trinajstić information content (AvgIpc) is 2.62. The van der Waals surface area contributed by atoms with Gasteiger partial charge in [-0.3, -0.25) is 0 Å². The van der Waals surface area contributed by atoms with Crippen LogP contribution in [0.5, 0.6) is 0 Å². The lowest BCUT2D eigenvalue weighted by molar-refractivity contribution is 0.725. The molecule has 2 atom stereocenters. The third kappa shape index (κ3) is 2.06. The van der Waals surface area contributed by atoms with Gasteiger partial charge < -0.3 is 0 Å². The monoisotopic (exact) mass is 228 g/mol. The summed E-state index contributed by atoms with van der Waals surface area (Å²) in [5.41, 5.74) is 9.29. The van der Waals surface area contributed by atoms with Crippen LogP contribution in [0.4, 0.5) is 0 Å². The van der Waals surface area contributed by atoms with Crippen LogP contribution in [-0.4, -0.2) is 0 Å². The molecule has 0 N–H and O–H groups in total. The van der Waals surface area contributed by atoms with E-state index in [4.69, 9.17) is 0 Å². The smallest absolute Gasteiger partial charge is 0.00120 e. The number of hydrogen-bond acceptors (Lipinski definition) is 0. The van der Waals surface area contributed by atoms with Crippen molar-refractivity contribution in [1.82, 2.24) is 0 Å². The summed E-state index contributed by atoms with van der Waals surface area (Å²) in [7, 11) is 0. The molecule has 0 spiro atoms. The van der Waals surface area contributed by atoms with Crippen molar-refractivity contribution < 1.29 is 0 Å². The van der Waals surface area contributed by atoms with E-state index in [1.165, 1.54) is 28.7 Å². The van der Waals surface area contributed by atoms with Gasteiger partial charge in [0.25, 0.3) is 0 Å². The fraction of sp³-hybridized carbons (Fsp3) is 0.529. The Morgan fingerprint density at radius 1 is 0.765 bits per heavy atom. The van der Waals surface area contributed by atoms with E-state index in [1.807, 2.05) is 0 Å². The SMILES string of the molecule is CC1=CC(C)=C(CC2=C(C)C=C(C)C2C)C1C. The summed E-state index contributed by atoms with van der Waals surface area (Å²) in [6.07, 6.45) is 5.88. The first-order valence-electron chi connectivity index (χ1n) is 6.67. The highest BCUT2D eigenvalue weighted by atomic mass is 14.3. The minimum atomic E-state index is 0.642. The molecule has 0 bridgehead atoms. The highest BCUT2D eigenvalue weighted by molar-refractivity contribution is 5.47. The third-order valence-electron chi connectivity index (χ3n) is 4.69. The van der Waals surface area contributed by atoms with Crippen molar-refractivity contribution in [3.8, 4) is 0 Å². The lowest BCUT2D eigenvalue weighted by Crippen LogP contribution is -2.04. The van der Waals surface area contributed by atoms with Gasteiger partial charge in [-0.15, -0.1) is 0 Å². The molecule has 0 heteroatoms. The third-order valence-corrected chi connectivity index (χ3v) is 4.69. The van der Waals surface area contributed by atoms with E-state index in [9.17, 15) is 0 Å². The maximum Gasteiger partial charge on any atom is -0.00120 e. The van der Waals surface area contributed by atoms with Gasteiger partial charge in [0, 0.05) is 0 Å². The first-order chi connectivity index (χ1) is 7.91. The first-order valence-corrected chi connectivity index (χ1v) is 6.67. The van der Waals surface area contributed by atoms with Crippen molar-refractivity contribution in [2.24, 2.45) is 11.8 Å². The van der Waals surface area contributed by atoms with Gasteiger partial charge in [0.15, 0.2) is 0 Å². The number of rotatable bonds is 2. The van der Waals surface area contributed by atoms with Crippen molar-refractivity contribution in [2.75, 3.05) is 0 Å². The molecule has 0 radical (unpaired) electrons. The Morgan fingerprint density at radius 2 is 1.12 bits per heavy atom. The van der Waals surface area contributed by atoms with Crippen LogP contribution in [0.1, 0.15) is 48.0 Å². The van der Waals surface area contributed by atoms with E-state index in [0.717, 1.165) is 0 Å². The van der Waals surface area contributed by atoms with Crippen LogP contribution in [0.15, 0.2) is 45.6 Å². The molecule has 17 heavy (non-hydrogen) atoms. The Morgan fingerprint density at radius 3 is 1.35 bits per heavy atom. The summed E-state index contributed by atoms with van der Waals surface area (Å²) in [5, 5.41) is 0. The lowest BCUT2D eigenvalue weighted by atomic mass is 9.86. The number of hydrogen-bond donors (Lipinski definition) is 0. The molecule has 0 fully saturated rings. The van der Waals surface area contributed by atoms with E-state index in [-0.39, 0.29) is 0 Å². The molecular formula is C17H24. The largest absolute Gasteiger partial charge is 0.0661 e. The fourth-order valence-corrected chi connectivity index (χ4v) is 3.14. The van der Waals surface area contributed by atoms with Crippen molar-refractivity contribution in [1.29, 1.82) is 0 Å². The molecule has 0 aromatic rings. The first kappa shape index (κ1) is 12.4. The molecule has 2 unspecified atom stereocenters. The maximum absolute atomic E-state index is 2.36. The van der Waals surface area contributed by atoms with Crippen molar-refractivity contribution in [2.45, 2.75) is 48.0 Å². The standard InChI is InChI=1S/C17H24/c1-10-7-12(3)16(14(10)5)9-17-13(4)8-11(2)15(17)6/h7-8,14-15H,9H2,1-6H3. The Hall–Kier alpha value is -1.04. The van der Waals surface area contributed by atoms with Crippen LogP contribution in [0.3, 0.4) is 0 Å². The summed E-state index contributed by atoms with van der Waals surface area (Å²) in [4.78, 5) is 0. The number of allylic oxidation sites excluding steroid dienone is 8. The second-order valence-corrected chi connectivity index (χ2v) is 5.81. The van der Waals surface area contributed by atoms with Gasteiger partial charge in [-0.05, 0) is 46.0 Å². The topological polar surface area (TPSA) is 0 Å². The predicted molar refractivity (Wildman–Crippen MR) is 75.9 cm³/mol. The molecule has 0 nitrogen and oxygen atoms in total. The minimum absolute atomic E-state index is 0.642. The van der Waals surface area contributed by atoms with Gasteiger partial charge in [-0.25, -0.2) is 0 Å². The molecule has 0 aliphatic heterocycles. The quantitative estimate of drug-likeness (QED) is 0.609. The molecular weight excluding hydrogens is 204 g/mol. The fourth-order valence-electron chi connectivity index (χ4n) is 3.14. The minimum Gasteiger partial charge on any atom is -0.0661 e. The molecule has 2 aliphatic carbocycles. The molecule has 92 valence electrons. The van der Waals surface area contributed by atoms with Gasteiger partial charge in [0.2, 0.25) is 0 Å². The van der Waals surface area contributed by atoms with Crippen LogP contribution in [0.25, 0.3) is 0 Å². The summed E-state index contributed by atoms with van der Waals surface area (Å²) < 4.78 is 0. The maximum atomic E-state index is 2.36. The summed E-state index contributed by atoms with van der Waals surface area (Å²) in [5.74, 6) is 1.28. The van der Waals surface area contributed by atoms with E-state index < -0.39 is 0 Å². The van der Waals surface area contributed by atoms with Crippen LogP contribution >= 0.6 is 0 Å². The summed E-state index contributed by atoms with van der Waals surface area (Å²) in [6, 6.07) is 0. The Balaban J connectivity index is 2.21. The van der Waals surface area contributed by atoms with E-state index in [1.54, 1.807) is 11.1 Å². The molecule has 0 amide bonds. The highest BCUT2D eigenvalue weighted by Gasteiger charge is 2.25. The molecule has 0 heterocycles. The predicted octanol–water partition coefficient (Wildman–Crippen LogP) is 5.20. The van der Waals surface area contributed by atoms with Gasteiger partial charge in [0.1, 0.15) is 0 Å². The second kappa shape index (κ2) is 4.33. The van der Waals surface area contributed by atoms with Crippen LogP contribution in [-0.2, 0) is 0 Å². The lowest BCUT2D eigenvalue weighted by Gasteiger charge is -2.18. The Kier molecular flexibility index (Phi) is 3.16. The normalized spacial score (nSPS) is 29.1. The Bertz CT molecular complexity index is 422. The molecule has 0 aromatic heterocycles. The summed E-state index contributed by atoms with van der Waals surface area (Å²) in [6.45, 7) is 13.7. The average molecular weight is 228 g/mol. The van der Waals surface area contributed by atoms with Crippen LogP contribution in [0, 0.1) is 11.8 Å². The van der Waals surface area contributed by atoms with E-state index >= 15 is 0 Å². The van der Waals surface area contributed by atoms with Gasteiger partial charge in [-0.1, -0.05) is 59.4 Å². The molecule has 2 rings (SSSR count). The van der Waals surface area contributed by atoms with E-state index in [2.05, 4.69) is 53.7 Å². The zero-order valence-corrected chi connectivity index (χ0v) is 12.0. The zero-order valence-electron chi connectivity index (χ0n) is 12.0. The van der Waals surface area contributed by atoms with Gasteiger partial charge in [0.05, 0.1) is 0 Å². The molecule has 2 aliphatic rings. The summed E-state index contributed by atoms with van der Waals surface area (Å²) >= 11 is 0. The molecule has 0 saturated heterocycles. The molecule has 0 saturated carbocycles. The van der Waals surface area contributed by atoms with Crippen molar-refractivity contribution in [3.05, 3.63) is 45.6 Å². The van der Waals surface area contributed by atoms with Crippen molar-refractivity contribution in [3.63, 3.8) is 0 Å². The van der Waals surface area contributed by atoms with E-state index in [0.29, 0.717) is 11.8 Å². The zero-order chi connectivity index (χ0) is 12.7. The highest BCUT2D eigenvalue weighted by Crippen LogP contribution is 2.41. The molecule has 0 aromatic carbocycles. The Labute approximate surface area is 106 Å². The van der Waals surface area contributed by atoms with Gasteiger partial charge in [-0.2, -0.15) is 0 Å². The van der Waals surface area contributed by atoms with Crippen LogP contribution in [0.2, 0.25) is 0 Å².